The van der Waals surface area contributed by atoms with Crippen molar-refractivity contribution in [3.8, 4) is 0 Å². The van der Waals surface area contributed by atoms with Crippen LogP contribution in [-0.4, -0.2) is 10.7 Å². The van der Waals surface area contributed by atoms with Crippen molar-refractivity contribution in [2.24, 2.45) is 52.3 Å². The quantitative estimate of drug-likeness (QED) is 0.496. The molecule has 0 aliphatic heterocycles. The molecule has 29 heavy (non-hydrogen) atoms. The van der Waals surface area contributed by atoms with Gasteiger partial charge in [0.1, 0.15) is 0 Å². The first-order valence-corrected chi connectivity index (χ1v) is 13.3. The number of fused-ring (bicyclic) bond motifs is 5. The zero-order chi connectivity index (χ0) is 21.0. The Morgan fingerprint density at radius 1 is 0.793 bits per heavy atom. The Morgan fingerprint density at radius 3 is 2.24 bits per heavy atom. The van der Waals surface area contributed by atoms with Gasteiger partial charge in [0.2, 0.25) is 0 Å². The third kappa shape index (κ3) is 3.85. The molecule has 0 heterocycles. The number of rotatable bonds is 5. The van der Waals surface area contributed by atoms with Crippen LogP contribution in [0.5, 0.6) is 0 Å². The van der Waals surface area contributed by atoms with Crippen LogP contribution in [0.25, 0.3) is 0 Å². The Morgan fingerprint density at radius 2 is 1.52 bits per heavy atom. The molecule has 4 fully saturated rings. The van der Waals surface area contributed by atoms with E-state index in [0.717, 1.165) is 54.3 Å². The van der Waals surface area contributed by atoms with E-state index in [9.17, 15) is 5.11 Å². The predicted octanol–water partition coefficient (Wildman–Crippen LogP) is 7.86. The van der Waals surface area contributed by atoms with Gasteiger partial charge in [-0.15, -0.1) is 0 Å². The van der Waals surface area contributed by atoms with Gasteiger partial charge in [0.25, 0.3) is 0 Å². The molecule has 4 saturated carbocycles. The molecule has 0 spiro atoms. The smallest absolute Gasteiger partial charge is 0.0622 e. The van der Waals surface area contributed by atoms with E-state index in [0.29, 0.717) is 10.8 Å². The minimum Gasteiger partial charge on any atom is -0.390 e. The summed E-state index contributed by atoms with van der Waals surface area (Å²) in [6.45, 7) is 14.8. The standard InChI is InChI=1S/C28H50O/c1-19(2)8-7-9-20(3)23-12-13-24-22-11-10-21-18-26(4,29)16-17-27(21,5)25(22)14-15-28(23,24)6/h19-25,29H,7-18H2,1-6H3/t20-,21+,22+,23-,24+,25+,26-,27+,28-/m1/s1. The molecule has 4 aliphatic rings. The summed E-state index contributed by atoms with van der Waals surface area (Å²) in [7, 11) is 0. The largest absolute Gasteiger partial charge is 0.390 e. The van der Waals surface area contributed by atoms with Crippen LogP contribution in [-0.2, 0) is 0 Å². The van der Waals surface area contributed by atoms with Gasteiger partial charge in [0.05, 0.1) is 5.60 Å². The fraction of sp³-hybridized carbons (Fsp3) is 1.00. The Hall–Kier alpha value is -0.0400. The van der Waals surface area contributed by atoms with E-state index in [1.165, 1.54) is 64.2 Å². The Kier molecular flexibility index (Phi) is 5.98. The van der Waals surface area contributed by atoms with Crippen LogP contribution in [0.15, 0.2) is 0 Å². The summed E-state index contributed by atoms with van der Waals surface area (Å²) in [5.74, 6) is 6.41. The van der Waals surface area contributed by atoms with Gasteiger partial charge in [-0.2, -0.15) is 0 Å². The average Bonchev–Trinajstić information content (AvgIpc) is 2.99. The molecule has 4 rings (SSSR count). The molecule has 1 nitrogen and oxygen atoms in total. The lowest BCUT2D eigenvalue weighted by atomic mass is 9.43. The van der Waals surface area contributed by atoms with Gasteiger partial charge in [0.15, 0.2) is 0 Å². The normalized spacial score (nSPS) is 50.7. The number of aliphatic hydroxyl groups is 1. The van der Waals surface area contributed by atoms with Crippen LogP contribution in [0, 0.1) is 52.3 Å². The molecule has 0 unspecified atom stereocenters. The molecule has 1 N–H and O–H groups in total. The molecule has 0 aromatic rings. The molecule has 1 heteroatoms. The molecule has 0 saturated heterocycles. The first-order chi connectivity index (χ1) is 13.6. The summed E-state index contributed by atoms with van der Waals surface area (Å²) in [6, 6.07) is 0. The van der Waals surface area contributed by atoms with Crippen LogP contribution in [0.2, 0.25) is 0 Å². The molecular formula is C28H50O. The van der Waals surface area contributed by atoms with Crippen molar-refractivity contribution < 1.29 is 5.11 Å². The Labute approximate surface area is 181 Å². The van der Waals surface area contributed by atoms with Crippen molar-refractivity contribution in [2.45, 2.75) is 124 Å². The lowest BCUT2D eigenvalue weighted by molar-refractivity contribution is -0.148. The second-order valence-electron chi connectivity index (χ2n) is 13.4. The van der Waals surface area contributed by atoms with Crippen molar-refractivity contribution in [3.05, 3.63) is 0 Å². The van der Waals surface area contributed by atoms with E-state index in [1.54, 1.807) is 0 Å². The van der Waals surface area contributed by atoms with Crippen molar-refractivity contribution in [2.75, 3.05) is 0 Å². The highest BCUT2D eigenvalue weighted by molar-refractivity contribution is 5.10. The maximum Gasteiger partial charge on any atom is 0.0622 e. The van der Waals surface area contributed by atoms with Crippen molar-refractivity contribution in [1.29, 1.82) is 0 Å². The molecule has 4 aliphatic carbocycles. The summed E-state index contributed by atoms with van der Waals surface area (Å²) < 4.78 is 0. The van der Waals surface area contributed by atoms with Gasteiger partial charge in [0, 0.05) is 0 Å². The maximum atomic E-state index is 10.7. The lowest BCUT2D eigenvalue weighted by Crippen LogP contribution is -2.55. The van der Waals surface area contributed by atoms with Gasteiger partial charge in [-0.05, 0) is 117 Å². The lowest BCUT2D eigenvalue weighted by Gasteiger charge is -2.62. The zero-order valence-corrected chi connectivity index (χ0v) is 20.5. The molecule has 0 radical (unpaired) electrons. The van der Waals surface area contributed by atoms with Crippen LogP contribution in [0.1, 0.15) is 119 Å². The third-order valence-corrected chi connectivity index (χ3v) is 11.2. The van der Waals surface area contributed by atoms with Gasteiger partial charge < -0.3 is 5.11 Å². The molecule has 0 bridgehead atoms. The van der Waals surface area contributed by atoms with Crippen LogP contribution < -0.4 is 0 Å². The van der Waals surface area contributed by atoms with Crippen molar-refractivity contribution in [1.82, 2.24) is 0 Å². The van der Waals surface area contributed by atoms with Crippen molar-refractivity contribution in [3.63, 3.8) is 0 Å². The first-order valence-electron chi connectivity index (χ1n) is 13.3. The molecule has 168 valence electrons. The summed E-state index contributed by atoms with van der Waals surface area (Å²) in [5, 5.41) is 10.7. The molecule has 0 amide bonds. The maximum absolute atomic E-state index is 10.7. The average molecular weight is 403 g/mol. The Balaban J connectivity index is 1.46. The fourth-order valence-electron chi connectivity index (χ4n) is 9.46. The summed E-state index contributed by atoms with van der Waals surface area (Å²) in [5.41, 5.74) is 0.722. The van der Waals surface area contributed by atoms with Gasteiger partial charge >= 0.3 is 0 Å². The van der Waals surface area contributed by atoms with E-state index in [1.807, 2.05) is 0 Å². The highest BCUT2D eigenvalue weighted by Gasteiger charge is 2.61. The van der Waals surface area contributed by atoms with E-state index in [2.05, 4.69) is 41.5 Å². The van der Waals surface area contributed by atoms with Crippen LogP contribution in [0.4, 0.5) is 0 Å². The molecule has 0 aromatic carbocycles. The van der Waals surface area contributed by atoms with Crippen molar-refractivity contribution >= 4 is 0 Å². The SMILES string of the molecule is CC(C)CCC[C@@H](C)[C@H]1CC[C@H]2[C@@H]3CC[C@H]4C[C@](C)(O)CC[C@]4(C)[C@H]3CC[C@]12C. The highest BCUT2D eigenvalue weighted by atomic mass is 16.3. The Bertz CT molecular complexity index is 579. The second kappa shape index (κ2) is 7.83. The number of hydrogen-bond acceptors (Lipinski definition) is 1. The fourth-order valence-corrected chi connectivity index (χ4v) is 9.46. The van der Waals surface area contributed by atoms with Crippen LogP contribution in [0.3, 0.4) is 0 Å². The predicted molar refractivity (Wildman–Crippen MR) is 124 cm³/mol. The molecule has 9 atom stereocenters. The number of hydrogen-bond donors (Lipinski definition) is 1. The molecular weight excluding hydrogens is 352 g/mol. The zero-order valence-electron chi connectivity index (χ0n) is 20.5. The monoisotopic (exact) mass is 402 g/mol. The highest BCUT2D eigenvalue weighted by Crippen LogP contribution is 2.68. The van der Waals surface area contributed by atoms with Crippen LogP contribution >= 0.6 is 0 Å². The van der Waals surface area contributed by atoms with E-state index >= 15 is 0 Å². The second-order valence-corrected chi connectivity index (χ2v) is 13.4. The molecule has 0 aromatic heterocycles. The van der Waals surface area contributed by atoms with E-state index in [4.69, 9.17) is 0 Å². The van der Waals surface area contributed by atoms with Gasteiger partial charge in [-0.1, -0.05) is 53.9 Å². The van der Waals surface area contributed by atoms with Gasteiger partial charge in [-0.3, -0.25) is 0 Å². The minimum absolute atomic E-state index is 0.399. The third-order valence-electron chi connectivity index (χ3n) is 11.2. The summed E-state index contributed by atoms with van der Waals surface area (Å²) in [6.07, 6.45) is 16.5. The first kappa shape index (κ1) is 22.2. The van der Waals surface area contributed by atoms with E-state index in [-0.39, 0.29) is 0 Å². The summed E-state index contributed by atoms with van der Waals surface area (Å²) >= 11 is 0. The van der Waals surface area contributed by atoms with Gasteiger partial charge in [-0.25, -0.2) is 0 Å². The summed E-state index contributed by atoms with van der Waals surface area (Å²) in [4.78, 5) is 0. The topological polar surface area (TPSA) is 20.2 Å². The van der Waals surface area contributed by atoms with E-state index < -0.39 is 5.60 Å². The minimum atomic E-state index is -0.399.